The lowest BCUT2D eigenvalue weighted by Gasteiger charge is -2.34. The van der Waals surface area contributed by atoms with Crippen LogP contribution in [0.2, 0.25) is 0 Å². The number of hydrogen-bond donors (Lipinski definition) is 0. The van der Waals surface area contributed by atoms with Crippen molar-refractivity contribution in [1.82, 2.24) is 9.80 Å². The van der Waals surface area contributed by atoms with Gasteiger partial charge in [0.25, 0.3) is 5.91 Å². The smallest absolute Gasteiger partial charge is 0.253 e. The van der Waals surface area contributed by atoms with E-state index in [1.165, 1.54) is 5.56 Å². The molecule has 0 N–H and O–H groups in total. The van der Waals surface area contributed by atoms with Gasteiger partial charge in [-0.25, -0.2) is 0 Å². The van der Waals surface area contributed by atoms with Crippen molar-refractivity contribution in [3.63, 3.8) is 0 Å². The molecule has 4 rings (SSSR count). The molecule has 0 radical (unpaired) electrons. The topological polar surface area (TPSA) is 51.2 Å². The fraction of sp³-hybridized carbons (Fsp3) is 0.276. The van der Waals surface area contributed by atoms with Gasteiger partial charge in [-0.05, 0) is 48.0 Å². The van der Waals surface area contributed by atoms with E-state index in [1.807, 2.05) is 65.6 Å². The van der Waals surface area contributed by atoms with Crippen LogP contribution in [0.15, 0.2) is 78.9 Å². The van der Waals surface area contributed by atoms with E-state index in [2.05, 4.69) is 29.2 Å². The van der Waals surface area contributed by atoms with Crippen molar-refractivity contribution in [3.8, 4) is 17.2 Å². The standard InChI is InChI=1S/C29H32N2O4/c1-33-26-11-13-27(14-12-26)35-22-25-21-24(10-15-28(25)34-2)29(32)31-19-17-30(18-20-31)16-6-9-23-7-4-3-5-8-23/h3-15,21H,16-20,22H2,1-2H3/b9-6+. The first-order chi connectivity index (χ1) is 17.2. The molecular formula is C29H32N2O4. The molecule has 1 aliphatic heterocycles. The Hall–Kier alpha value is -3.77. The van der Waals surface area contributed by atoms with E-state index in [0.717, 1.165) is 36.7 Å². The molecule has 3 aromatic rings. The van der Waals surface area contributed by atoms with Crippen LogP contribution < -0.4 is 14.2 Å². The lowest BCUT2D eigenvalue weighted by atomic mass is 10.1. The number of carbonyl (C=O) groups excluding carboxylic acids is 1. The molecular weight excluding hydrogens is 440 g/mol. The molecule has 3 aromatic carbocycles. The predicted octanol–water partition coefficient (Wildman–Crippen LogP) is 4.75. The summed E-state index contributed by atoms with van der Waals surface area (Å²) >= 11 is 0. The van der Waals surface area contributed by atoms with Crippen LogP contribution in [0.3, 0.4) is 0 Å². The molecule has 1 saturated heterocycles. The third-order valence-electron chi connectivity index (χ3n) is 6.11. The van der Waals surface area contributed by atoms with Crippen molar-refractivity contribution in [2.75, 3.05) is 46.9 Å². The molecule has 0 spiro atoms. The molecule has 1 fully saturated rings. The quantitative estimate of drug-likeness (QED) is 0.450. The van der Waals surface area contributed by atoms with Crippen molar-refractivity contribution < 1.29 is 19.0 Å². The fourth-order valence-electron chi connectivity index (χ4n) is 4.08. The summed E-state index contributed by atoms with van der Waals surface area (Å²) in [6, 6.07) is 23.2. The maximum absolute atomic E-state index is 13.2. The molecule has 0 aromatic heterocycles. The highest BCUT2D eigenvalue weighted by atomic mass is 16.5. The zero-order valence-electron chi connectivity index (χ0n) is 20.4. The van der Waals surface area contributed by atoms with Gasteiger partial charge in [-0.3, -0.25) is 9.69 Å². The van der Waals surface area contributed by atoms with E-state index in [9.17, 15) is 4.79 Å². The number of amides is 1. The van der Waals surface area contributed by atoms with Crippen LogP contribution in [0.5, 0.6) is 17.2 Å². The molecule has 0 saturated carbocycles. The highest BCUT2D eigenvalue weighted by molar-refractivity contribution is 5.94. The molecule has 1 heterocycles. The van der Waals surface area contributed by atoms with Crippen LogP contribution >= 0.6 is 0 Å². The second-order valence-corrected chi connectivity index (χ2v) is 8.40. The monoisotopic (exact) mass is 472 g/mol. The van der Waals surface area contributed by atoms with Crippen LogP contribution in [0.1, 0.15) is 21.5 Å². The molecule has 6 nitrogen and oxygen atoms in total. The normalized spacial score (nSPS) is 14.2. The fourth-order valence-corrected chi connectivity index (χ4v) is 4.08. The number of carbonyl (C=O) groups is 1. The van der Waals surface area contributed by atoms with Gasteiger partial charge >= 0.3 is 0 Å². The zero-order valence-corrected chi connectivity index (χ0v) is 20.4. The number of ether oxygens (including phenoxy) is 3. The number of benzene rings is 3. The molecule has 0 bridgehead atoms. The maximum Gasteiger partial charge on any atom is 0.253 e. The van der Waals surface area contributed by atoms with Gasteiger partial charge in [-0.15, -0.1) is 0 Å². The van der Waals surface area contributed by atoms with E-state index in [4.69, 9.17) is 14.2 Å². The van der Waals surface area contributed by atoms with Crippen LogP contribution in [0, 0.1) is 0 Å². The number of nitrogens with zero attached hydrogens (tertiary/aromatic N) is 2. The Kier molecular flexibility index (Phi) is 8.41. The summed E-state index contributed by atoms with van der Waals surface area (Å²) in [5.41, 5.74) is 2.68. The first-order valence-electron chi connectivity index (χ1n) is 11.8. The van der Waals surface area contributed by atoms with Gasteiger partial charge in [0.05, 0.1) is 14.2 Å². The van der Waals surface area contributed by atoms with Gasteiger partial charge in [0.1, 0.15) is 23.9 Å². The average Bonchev–Trinajstić information content (AvgIpc) is 2.92. The summed E-state index contributed by atoms with van der Waals surface area (Å²) in [6.45, 7) is 4.32. The Morgan fingerprint density at radius 1 is 0.857 bits per heavy atom. The third kappa shape index (κ3) is 6.64. The summed E-state index contributed by atoms with van der Waals surface area (Å²) < 4.78 is 16.6. The number of rotatable bonds is 9. The van der Waals surface area contributed by atoms with Crippen molar-refractivity contribution >= 4 is 12.0 Å². The SMILES string of the molecule is COc1ccc(OCc2cc(C(=O)N3CCN(C/C=C/c4ccccc4)CC3)ccc2OC)cc1. The Morgan fingerprint density at radius 2 is 1.57 bits per heavy atom. The van der Waals surface area contributed by atoms with Gasteiger partial charge < -0.3 is 19.1 Å². The summed E-state index contributed by atoms with van der Waals surface area (Å²) in [5, 5.41) is 0. The number of hydrogen-bond acceptors (Lipinski definition) is 5. The van der Waals surface area contributed by atoms with Crippen molar-refractivity contribution in [2.45, 2.75) is 6.61 Å². The second-order valence-electron chi connectivity index (χ2n) is 8.40. The Labute approximate surface area is 207 Å². The first kappa shape index (κ1) is 24.4. The van der Waals surface area contributed by atoms with Gasteiger partial charge in [0.2, 0.25) is 0 Å². The number of methoxy groups -OCH3 is 2. The largest absolute Gasteiger partial charge is 0.497 e. The highest BCUT2D eigenvalue weighted by Gasteiger charge is 2.22. The van der Waals surface area contributed by atoms with E-state index < -0.39 is 0 Å². The second kappa shape index (κ2) is 12.1. The van der Waals surface area contributed by atoms with Crippen molar-refractivity contribution in [3.05, 3.63) is 95.6 Å². The number of piperazine rings is 1. The summed E-state index contributed by atoms with van der Waals surface area (Å²) in [4.78, 5) is 17.5. The van der Waals surface area contributed by atoms with Crippen LogP contribution in [0.25, 0.3) is 6.08 Å². The molecule has 0 aliphatic carbocycles. The molecule has 1 amide bonds. The molecule has 0 atom stereocenters. The minimum Gasteiger partial charge on any atom is -0.497 e. The van der Waals surface area contributed by atoms with Gasteiger partial charge in [0.15, 0.2) is 0 Å². The van der Waals surface area contributed by atoms with Crippen molar-refractivity contribution in [2.24, 2.45) is 0 Å². The first-order valence-corrected chi connectivity index (χ1v) is 11.8. The van der Waals surface area contributed by atoms with E-state index in [0.29, 0.717) is 31.0 Å². The summed E-state index contributed by atoms with van der Waals surface area (Å²) in [7, 11) is 3.26. The average molecular weight is 473 g/mol. The van der Waals surface area contributed by atoms with E-state index >= 15 is 0 Å². The van der Waals surface area contributed by atoms with Gasteiger partial charge in [-0.2, -0.15) is 0 Å². The van der Waals surface area contributed by atoms with Crippen LogP contribution in [0.4, 0.5) is 0 Å². The maximum atomic E-state index is 13.2. The zero-order chi connectivity index (χ0) is 24.5. The van der Waals surface area contributed by atoms with Crippen LogP contribution in [-0.4, -0.2) is 62.7 Å². The molecule has 182 valence electrons. The van der Waals surface area contributed by atoms with Gasteiger partial charge in [0, 0.05) is 43.9 Å². The summed E-state index contributed by atoms with van der Waals surface area (Å²) in [6.07, 6.45) is 4.33. The lowest BCUT2D eigenvalue weighted by Crippen LogP contribution is -2.48. The van der Waals surface area contributed by atoms with Crippen molar-refractivity contribution in [1.29, 1.82) is 0 Å². The van der Waals surface area contributed by atoms with Crippen LogP contribution in [-0.2, 0) is 6.61 Å². The lowest BCUT2D eigenvalue weighted by molar-refractivity contribution is 0.0650. The molecule has 1 aliphatic rings. The van der Waals surface area contributed by atoms with Gasteiger partial charge in [-0.1, -0.05) is 42.5 Å². The molecule has 0 unspecified atom stereocenters. The predicted molar refractivity (Wildman–Crippen MR) is 138 cm³/mol. The Balaban J connectivity index is 1.32. The minimum absolute atomic E-state index is 0.0397. The minimum atomic E-state index is 0.0397. The highest BCUT2D eigenvalue weighted by Crippen LogP contribution is 2.24. The molecule has 35 heavy (non-hydrogen) atoms. The third-order valence-corrected chi connectivity index (χ3v) is 6.11. The van der Waals surface area contributed by atoms with E-state index in [-0.39, 0.29) is 5.91 Å². The van der Waals surface area contributed by atoms with E-state index in [1.54, 1.807) is 14.2 Å². The molecule has 6 heteroatoms. The Morgan fingerprint density at radius 3 is 2.26 bits per heavy atom. The summed E-state index contributed by atoms with van der Waals surface area (Å²) in [5.74, 6) is 2.24. The Bertz CT molecular complexity index is 1120.